The third-order valence-electron chi connectivity index (χ3n) is 5.58. The van der Waals surface area contributed by atoms with E-state index < -0.39 is 0 Å². The number of likely N-dealkylation sites (tertiary alicyclic amines) is 1. The smallest absolute Gasteiger partial charge is 0.237 e. The summed E-state index contributed by atoms with van der Waals surface area (Å²) in [6, 6.07) is 8.91. The normalized spacial score (nSPS) is 25.7. The van der Waals surface area contributed by atoms with Crippen molar-refractivity contribution in [2.24, 2.45) is 0 Å². The van der Waals surface area contributed by atoms with Crippen LogP contribution in [0, 0.1) is 0 Å². The largest absolute Gasteiger partial charge is 0.358 e. The van der Waals surface area contributed by atoms with Gasteiger partial charge in [0.25, 0.3) is 0 Å². The molecule has 2 atom stereocenters. The number of halogens is 1. The van der Waals surface area contributed by atoms with Crippen LogP contribution in [-0.4, -0.2) is 42.5 Å². The van der Waals surface area contributed by atoms with Crippen molar-refractivity contribution in [2.75, 3.05) is 13.6 Å². The molecular weight excluding hydrogens is 334 g/mol. The van der Waals surface area contributed by atoms with Crippen LogP contribution >= 0.6 is 11.6 Å². The zero-order valence-corrected chi connectivity index (χ0v) is 15.9. The molecule has 1 saturated carbocycles. The number of likely N-dealkylation sites (N-methyl/N-ethyl adjacent to an activating group) is 1. The second-order valence-corrected chi connectivity index (χ2v) is 7.91. The van der Waals surface area contributed by atoms with Gasteiger partial charge in [-0.3, -0.25) is 9.69 Å². The van der Waals surface area contributed by atoms with Gasteiger partial charge < -0.3 is 10.6 Å². The van der Waals surface area contributed by atoms with Crippen LogP contribution in [0.2, 0.25) is 5.02 Å². The summed E-state index contributed by atoms with van der Waals surface area (Å²) in [5.41, 5.74) is 1.20. The molecule has 1 aliphatic carbocycles. The SMILES string of the molecule is CNC(=O)[C@@H]1C[C@H](NC2CCCCCC2)CN1Cc1ccc(Cl)cc1. The standard InChI is InChI=1S/C20H30ClN3O/c1-22-20(25)19-12-18(23-17-6-4-2-3-5-7-17)14-24(19)13-15-8-10-16(21)11-9-15/h8-11,17-19,23H,2-7,12-14H2,1H3,(H,22,25)/t18-,19-/m0/s1. The van der Waals surface area contributed by atoms with Gasteiger partial charge >= 0.3 is 0 Å². The van der Waals surface area contributed by atoms with E-state index in [1.165, 1.54) is 44.1 Å². The Morgan fingerprint density at radius 3 is 2.44 bits per heavy atom. The molecule has 1 amide bonds. The van der Waals surface area contributed by atoms with Crippen molar-refractivity contribution in [3.8, 4) is 0 Å². The van der Waals surface area contributed by atoms with Gasteiger partial charge in [0.1, 0.15) is 0 Å². The molecule has 5 heteroatoms. The Morgan fingerprint density at radius 2 is 1.80 bits per heavy atom. The average Bonchev–Trinajstić information content (AvgIpc) is 2.82. The maximum atomic E-state index is 12.4. The van der Waals surface area contributed by atoms with Crippen molar-refractivity contribution < 1.29 is 4.79 Å². The van der Waals surface area contributed by atoms with Gasteiger partial charge in [-0.2, -0.15) is 0 Å². The predicted molar refractivity (Wildman–Crippen MR) is 103 cm³/mol. The topological polar surface area (TPSA) is 44.4 Å². The molecule has 1 aromatic carbocycles. The number of carbonyl (C=O) groups is 1. The van der Waals surface area contributed by atoms with Crippen LogP contribution in [0.3, 0.4) is 0 Å². The fourth-order valence-corrected chi connectivity index (χ4v) is 4.37. The minimum Gasteiger partial charge on any atom is -0.358 e. The van der Waals surface area contributed by atoms with Gasteiger partial charge in [0.05, 0.1) is 6.04 Å². The Morgan fingerprint density at radius 1 is 1.12 bits per heavy atom. The van der Waals surface area contributed by atoms with Gasteiger partial charge in [-0.15, -0.1) is 0 Å². The van der Waals surface area contributed by atoms with Gasteiger partial charge in [-0.05, 0) is 37.0 Å². The van der Waals surface area contributed by atoms with Crippen LogP contribution in [-0.2, 0) is 11.3 Å². The maximum Gasteiger partial charge on any atom is 0.237 e. The molecule has 0 unspecified atom stereocenters. The molecule has 1 aliphatic heterocycles. The third kappa shape index (κ3) is 5.19. The van der Waals surface area contributed by atoms with Crippen molar-refractivity contribution in [3.63, 3.8) is 0 Å². The summed E-state index contributed by atoms with van der Waals surface area (Å²) in [6.45, 7) is 1.72. The van der Waals surface area contributed by atoms with Crippen LogP contribution in [0.1, 0.15) is 50.5 Å². The maximum absolute atomic E-state index is 12.4. The first-order valence-electron chi connectivity index (χ1n) is 9.62. The van der Waals surface area contributed by atoms with Crippen molar-refractivity contribution in [3.05, 3.63) is 34.9 Å². The molecule has 0 bridgehead atoms. The highest BCUT2D eigenvalue weighted by molar-refractivity contribution is 6.30. The second-order valence-electron chi connectivity index (χ2n) is 7.47. The van der Waals surface area contributed by atoms with Gasteiger partial charge in [0, 0.05) is 37.2 Å². The highest BCUT2D eigenvalue weighted by Crippen LogP contribution is 2.24. The minimum absolute atomic E-state index is 0.0519. The molecule has 3 rings (SSSR count). The first-order chi connectivity index (χ1) is 12.2. The van der Waals surface area contributed by atoms with E-state index in [9.17, 15) is 4.79 Å². The fourth-order valence-electron chi connectivity index (χ4n) is 4.24. The molecule has 0 radical (unpaired) electrons. The van der Waals surface area contributed by atoms with E-state index in [0.29, 0.717) is 12.1 Å². The molecule has 0 spiro atoms. The summed E-state index contributed by atoms with van der Waals surface area (Å²) in [6.07, 6.45) is 8.84. The second kappa shape index (κ2) is 9.02. The number of hydrogen-bond acceptors (Lipinski definition) is 3. The van der Waals surface area contributed by atoms with E-state index in [1.54, 1.807) is 7.05 Å². The van der Waals surface area contributed by atoms with Crippen molar-refractivity contribution in [2.45, 2.75) is 69.6 Å². The Bertz CT molecular complexity index is 555. The van der Waals surface area contributed by atoms with Crippen molar-refractivity contribution in [1.82, 2.24) is 15.5 Å². The van der Waals surface area contributed by atoms with E-state index in [4.69, 9.17) is 11.6 Å². The number of nitrogens with zero attached hydrogens (tertiary/aromatic N) is 1. The quantitative estimate of drug-likeness (QED) is 0.788. The van der Waals surface area contributed by atoms with Crippen LogP contribution in [0.5, 0.6) is 0 Å². The number of hydrogen-bond donors (Lipinski definition) is 2. The van der Waals surface area contributed by atoms with Crippen LogP contribution in [0.25, 0.3) is 0 Å². The molecule has 2 N–H and O–H groups in total. The first-order valence-corrected chi connectivity index (χ1v) is 9.99. The molecule has 0 aromatic heterocycles. The lowest BCUT2D eigenvalue weighted by Gasteiger charge is -2.23. The number of rotatable bonds is 5. The van der Waals surface area contributed by atoms with Crippen molar-refractivity contribution in [1.29, 1.82) is 0 Å². The Kier molecular flexibility index (Phi) is 6.74. The van der Waals surface area contributed by atoms with Gasteiger partial charge in [0.15, 0.2) is 0 Å². The number of nitrogens with one attached hydrogen (secondary N) is 2. The van der Waals surface area contributed by atoms with Gasteiger partial charge in [0.2, 0.25) is 5.91 Å². The van der Waals surface area contributed by atoms with E-state index in [0.717, 1.165) is 24.5 Å². The number of amides is 1. The van der Waals surface area contributed by atoms with E-state index in [-0.39, 0.29) is 11.9 Å². The Balaban J connectivity index is 1.63. The molecule has 25 heavy (non-hydrogen) atoms. The lowest BCUT2D eigenvalue weighted by atomic mass is 10.1. The summed E-state index contributed by atoms with van der Waals surface area (Å²) in [7, 11) is 1.73. The molecule has 4 nitrogen and oxygen atoms in total. The lowest BCUT2D eigenvalue weighted by molar-refractivity contribution is -0.125. The Hall–Kier alpha value is -1.10. The van der Waals surface area contributed by atoms with Crippen LogP contribution in [0.15, 0.2) is 24.3 Å². The monoisotopic (exact) mass is 363 g/mol. The molecule has 2 fully saturated rings. The van der Waals surface area contributed by atoms with Crippen LogP contribution in [0.4, 0.5) is 0 Å². The first kappa shape index (κ1) is 18.7. The summed E-state index contributed by atoms with van der Waals surface area (Å²) in [5.74, 6) is 0.124. The zero-order chi connectivity index (χ0) is 17.6. The lowest BCUT2D eigenvalue weighted by Crippen LogP contribution is -2.41. The van der Waals surface area contributed by atoms with E-state index in [1.807, 2.05) is 12.1 Å². The molecule has 138 valence electrons. The summed E-state index contributed by atoms with van der Waals surface area (Å²) < 4.78 is 0. The summed E-state index contributed by atoms with van der Waals surface area (Å²) >= 11 is 5.99. The molecule has 1 heterocycles. The Labute approximate surface area is 156 Å². The molecule has 2 aliphatic rings. The predicted octanol–water partition coefficient (Wildman–Crippen LogP) is 3.34. The highest BCUT2D eigenvalue weighted by Gasteiger charge is 2.36. The molecule has 1 aromatic rings. The number of carbonyl (C=O) groups excluding carboxylic acids is 1. The van der Waals surface area contributed by atoms with Gasteiger partial charge in [-0.1, -0.05) is 49.4 Å². The van der Waals surface area contributed by atoms with E-state index >= 15 is 0 Å². The highest BCUT2D eigenvalue weighted by atomic mass is 35.5. The third-order valence-corrected chi connectivity index (χ3v) is 5.83. The van der Waals surface area contributed by atoms with Gasteiger partial charge in [-0.25, -0.2) is 0 Å². The molecule has 1 saturated heterocycles. The fraction of sp³-hybridized carbons (Fsp3) is 0.650. The minimum atomic E-state index is -0.0519. The average molecular weight is 364 g/mol. The summed E-state index contributed by atoms with van der Waals surface area (Å²) in [5, 5.41) is 7.44. The number of benzene rings is 1. The van der Waals surface area contributed by atoms with E-state index in [2.05, 4.69) is 27.7 Å². The van der Waals surface area contributed by atoms with Crippen molar-refractivity contribution >= 4 is 17.5 Å². The van der Waals surface area contributed by atoms with Crippen LogP contribution < -0.4 is 10.6 Å². The summed E-state index contributed by atoms with van der Waals surface area (Å²) in [4.78, 5) is 14.7. The molecular formula is C20H30ClN3O. The zero-order valence-electron chi connectivity index (χ0n) is 15.1.